The second-order valence-corrected chi connectivity index (χ2v) is 5.70. The third-order valence-corrected chi connectivity index (χ3v) is 4.24. The Labute approximate surface area is 110 Å². The summed E-state index contributed by atoms with van der Waals surface area (Å²) in [6.45, 7) is 2.24. The molecule has 4 heteroatoms. The van der Waals surface area contributed by atoms with E-state index < -0.39 is 6.23 Å². The fraction of sp³-hybridized carbons (Fsp3) is 0.929. The summed E-state index contributed by atoms with van der Waals surface area (Å²) in [5.41, 5.74) is 5.97. The van der Waals surface area contributed by atoms with Crippen LogP contribution in [0.1, 0.15) is 64.7 Å². The van der Waals surface area contributed by atoms with E-state index in [1.807, 2.05) is 4.90 Å². The van der Waals surface area contributed by atoms with Crippen LogP contribution >= 0.6 is 0 Å². The first kappa shape index (κ1) is 13.7. The smallest absolute Gasteiger partial charge is 0.193 e. The second kappa shape index (κ2) is 6.41. The van der Waals surface area contributed by atoms with E-state index in [-0.39, 0.29) is 0 Å². The number of hydrogen-bond acceptors (Lipinski definition) is 4. The van der Waals surface area contributed by atoms with Crippen LogP contribution in [0.15, 0.2) is 4.99 Å². The van der Waals surface area contributed by atoms with Crippen molar-refractivity contribution < 1.29 is 5.11 Å². The Bertz CT molecular complexity index is 293. The molecule has 0 aliphatic carbocycles. The predicted molar refractivity (Wildman–Crippen MR) is 74.3 cm³/mol. The van der Waals surface area contributed by atoms with Gasteiger partial charge in [0.05, 0.1) is 6.04 Å². The van der Waals surface area contributed by atoms with E-state index in [0.29, 0.717) is 18.0 Å². The second-order valence-electron chi connectivity index (χ2n) is 5.70. The van der Waals surface area contributed by atoms with Gasteiger partial charge < -0.3 is 15.7 Å². The van der Waals surface area contributed by atoms with Crippen molar-refractivity contribution in [3.63, 3.8) is 0 Å². The number of nitrogens with two attached hydrogens (primary N) is 1. The molecular formula is C14H27N3O. The SMILES string of the molecule is CCCCCCC[C@H]1C[C@H]2CCC(O)N2C(N)=N1. The maximum Gasteiger partial charge on any atom is 0.193 e. The van der Waals surface area contributed by atoms with Gasteiger partial charge in [0.2, 0.25) is 0 Å². The van der Waals surface area contributed by atoms with Gasteiger partial charge in [0.25, 0.3) is 0 Å². The first-order chi connectivity index (χ1) is 8.72. The Morgan fingerprint density at radius 2 is 2.06 bits per heavy atom. The maximum absolute atomic E-state index is 9.82. The van der Waals surface area contributed by atoms with Crippen LogP contribution in [0.3, 0.4) is 0 Å². The van der Waals surface area contributed by atoms with E-state index in [4.69, 9.17) is 5.73 Å². The Balaban J connectivity index is 1.76. The number of nitrogens with zero attached hydrogens (tertiary/aromatic N) is 2. The number of aliphatic hydroxyl groups excluding tert-OH is 1. The molecule has 0 aromatic carbocycles. The van der Waals surface area contributed by atoms with Gasteiger partial charge in [-0.2, -0.15) is 0 Å². The van der Waals surface area contributed by atoms with Crippen LogP contribution in [0.4, 0.5) is 0 Å². The van der Waals surface area contributed by atoms with Gasteiger partial charge in [-0.25, -0.2) is 4.99 Å². The van der Waals surface area contributed by atoms with E-state index in [1.165, 1.54) is 32.1 Å². The Morgan fingerprint density at radius 1 is 1.28 bits per heavy atom. The Hall–Kier alpha value is -0.770. The highest BCUT2D eigenvalue weighted by molar-refractivity contribution is 5.79. The highest BCUT2D eigenvalue weighted by Crippen LogP contribution is 2.30. The van der Waals surface area contributed by atoms with Gasteiger partial charge in [0, 0.05) is 6.04 Å². The molecule has 2 heterocycles. The fourth-order valence-electron chi connectivity index (χ4n) is 3.22. The standard InChI is InChI=1S/C14H27N3O/c1-2-3-4-5-6-7-11-10-12-8-9-13(18)17(12)14(15)16-11/h11-13,18H,2-10H2,1H3,(H2,15,16)/t11-,12+,13?/m0/s1. The van der Waals surface area contributed by atoms with E-state index in [2.05, 4.69) is 11.9 Å². The molecule has 3 atom stereocenters. The molecule has 0 bridgehead atoms. The number of hydrogen-bond donors (Lipinski definition) is 2. The zero-order valence-corrected chi connectivity index (χ0v) is 11.5. The molecule has 2 aliphatic rings. The highest BCUT2D eigenvalue weighted by atomic mass is 16.3. The minimum Gasteiger partial charge on any atom is -0.374 e. The first-order valence-electron chi connectivity index (χ1n) is 7.52. The number of guanidine groups is 1. The van der Waals surface area contributed by atoms with Crippen molar-refractivity contribution in [3.05, 3.63) is 0 Å². The number of rotatable bonds is 6. The molecule has 2 rings (SSSR count). The van der Waals surface area contributed by atoms with E-state index >= 15 is 0 Å². The molecule has 2 aliphatic heterocycles. The zero-order valence-electron chi connectivity index (χ0n) is 11.5. The van der Waals surface area contributed by atoms with Crippen molar-refractivity contribution in [2.24, 2.45) is 10.7 Å². The molecule has 1 saturated heterocycles. The van der Waals surface area contributed by atoms with Crippen molar-refractivity contribution in [2.45, 2.75) is 83.0 Å². The number of aliphatic hydroxyl groups is 1. The normalized spacial score (nSPS) is 31.3. The fourth-order valence-corrected chi connectivity index (χ4v) is 3.22. The molecule has 1 fully saturated rings. The van der Waals surface area contributed by atoms with Gasteiger partial charge in [-0.15, -0.1) is 0 Å². The molecular weight excluding hydrogens is 226 g/mol. The molecule has 0 saturated carbocycles. The monoisotopic (exact) mass is 253 g/mol. The largest absolute Gasteiger partial charge is 0.374 e. The van der Waals surface area contributed by atoms with Crippen molar-refractivity contribution in [2.75, 3.05) is 0 Å². The summed E-state index contributed by atoms with van der Waals surface area (Å²) < 4.78 is 0. The van der Waals surface area contributed by atoms with Gasteiger partial charge in [-0.3, -0.25) is 0 Å². The van der Waals surface area contributed by atoms with Crippen molar-refractivity contribution in [1.82, 2.24) is 4.90 Å². The average Bonchev–Trinajstić information content (AvgIpc) is 2.71. The molecule has 0 aromatic heterocycles. The van der Waals surface area contributed by atoms with E-state index in [1.54, 1.807) is 0 Å². The summed E-state index contributed by atoms with van der Waals surface area (Å²) in [6.07, 6.45) is 10.3. The Kier molecular flexibility index (Phi) is 4.87. The topological polar surface area (TPSA) is 61.8 Å². The molecule has 0 radical (unpaired) electrons. The van der Waals surface area contributed by atoms with E-state index in [0.717, 1.165) is 25.7 Å². The lowest BCUT2D eigenvalue weighted by atomic mass is 9.98. The number of fused-ring (bicyclic) bond motifs is 1. The predicted octanol–water partition coefficient (Wildman–Crippen LogP) is 2.22. The molecule has 4 nitrogen and oxygen atoms in total. The summed E-state index contributed by atoms with van der Waals surface area (Å²) in [4.78, 5) is 6.46. The minimum atomic E-state index is -0.399. The lowest BCUT2D eigenvalue weighted by molar-refractivity contribution is 0.0612. The molecule has 1 unspecified atom stereocenters. The van der Waals surface area contributed by atoms with Crippen LogP contribution in [-0.4, -0.2) is 34.3 Å². The maximum atomic E-state index is 9.82. The van der Waals surface area contributed by atoms with Crippen LogP contribution < -0.4 is 5.73 Å². The molecule has 18 heavy (non-hydrogen) atoms. The third kappa shape index (κ3) is 3.16. The van der Waals surface area contributed by atoms with Gasteiger partial charge >= 0.3 is 0 Å². The zero-order chi connectivity index (χ0) is 13.0. The Morgan fingerprint density at radius 3 is 2.83 bits per heavy atom. The molecule has 3 N–H and O–H groups in total. The van der Waals surface area contributed by atoms with Crippen molar-refractivity contribution >= 4 is 5.96 Å². The van der Waals surface area contributed by atoms with Crippen molar-refractivity contribution in [1.29, 1.82) is 0 Å². The van der Waals surface area contributed by atoms with Gasteiger partial charge in [0.1, 0.15) is 6.23 Å². The van der Waals surface area contributed by atoms with Gasteiger partial charge in [-0.05, 0) is 25.7 Å². The molecule has 104 valence electrons. The lowest BCUT2D eigenvalue weighted by Crippen LogP contribution is -2.50. The quantitative estimate of drug-likeness (QED) is 0.713. The van der Waals surface area contributed by atoms with Crippen LogP contribution in [0.5, 0.6) is 0 Å². The number of aliphatic imine (C=N–C) groups is 1. The molecule has 0 spiro atoms. The molecule has 0 aromatic rings. The average molecular weight is 253 g/mol. The third-order valence-electron chi connectivity index (χ3n) is 4.24. The van der Waals surface area contributed by atoms with Crippen LogP contribution in [0.25, 0.3) is 0 Å². The highest BCUT2D eigenvalue weighted by Gasteiger charge is 2.37. The van der Waals surface area contributed by atoms with Crippen LogP contribution in [0.2, 0.25) is 0 Å². The van der Waals surface area contributed by atoms with Crippen molar-refractivity contribution in [3.8, 4) is 0 Å². The molecule has 0 amide bonds. The lowest BCUT2D eigenvalue weighted by Gasteiger charge is -2.35. The summed E-state index contributed by atoms with van der Waals surface area (Å²) in [5.74, 6) is 0.565. The summed E-state index contributed by atoms with van der Waals surface area (Å²) >= 11 is 0. The van der Waals surface area contributed by atoms with Gasteiger partial charge in [-0.1, -0.05) is 39.0 Å². The first-order valence-corrected chi connectivity index (χ1v) is 7.52. The number of unbranched alkanes of at least 4 members (excludes halogenated alkanes) is 4. The van der Waals surface area contributed by atoms with Crippen LogP contribution in [-0.2, 0) is 0 Å². The minimum absolute atomic E-state index is 0.387. The summed E-state index contributed by atoms with van der Waals surface area (Å²) in [5, 5.41) is 9.82. The summed E-state index contributed by atoms with van der Waals surface area (Å²) in [6, 6.07) is 0.816. The van der Waals surface area contributed by atoms with Gasteiger partial charge in [0.15, 0.2) is 5.96 Å². The van der Waals surface area contributed by atoms with E-state index in [9.17, 15) is 5.11 Å². The van der Waals surface area contributed by atoms with Crippen LogP contribution in [0, 0.1) is 0 Å². The summed E-state index contributed by atoms with van der Waals surface area (Å²) in [7, 11) is 0.